The zero-order chi connectivity index (χ0) is 9.97. The normalized spacial score (nSPS) is 18.7. The van der Waals surface area contributed by atoms with Crippen molar-refractivity contribution in [2.24, 2.45) is 5.92 Å². The lowest BCUT2D eigenvalue weighted by Crippen LogP contribution is -2.31. The van der Waals surface area contributed by atoms with Gasteiger partial charge in [-0.3, -0.25) is 0 Å². The molecule has 1 aromatic heterocycles. The van der Waals surface area contributed by atoms with E-state index in [0.717, 1.165) is 17.6 Å². The molecule has 1 aliphatic rings. The topological polar surface area (TPSA) is 37.8 Å². The van der Waals surface area contributed by atoms with Gasteiger partial charge in [0.15, 0.2) is 0 Å². The third-order valence-electron chi connectivity index (χ3n) is 3.01. The molecule has 0 saturated heterocycles. The van der Waals surface area contributed by atoms with Crippen LogP contribution in [0, 0.1) is 12.8 Å². The first-order valence-corrected chi connectivity index (χ1v) is 5.32. The Morgan fingerprint density at radius 3 is 2.86 bits per heavy atom. The van der Waals surface area contributed by atoms with Crippen molar-refractivity contribution in [3.05, 3.63) is 18.1 Å². The van der Waals surface area contributed by atoms with Crippen LogP contribution in [0.25, 0.3) is 0 Å². The molecular weight excluding hydrogens is 174 g/mol. The van der Waals surface area contributed by atoms with Gasteiger partial charge in [-0.05, 0) is 38.7 Å². The highest BCUT2D eigenvalue weighted by Crippen LogP contribution is 2.30. The zero-order valence-electron chi connectivity index (χ0n) is 8.83. The molecule has 1 unspecified atom stereocenters. The SMILES string of the molecule is Cc1nccc(NC(C)C2CCC2)n1. The number of nitrogens with one attached hydrogen (secondary N) is 1. The lowest BCUT2D eigenvalue weighted by molar-refractivity contribution is 0.285. The maximum atomic E-state index is 4.33. The lowest BCUT2D eigenvalue weighted by atomic mass is 9.80. The maximum Gasteiger partial charge on any atom is 0.129 e. The standard InChI is InChI=1S/C11H17N3/c1-8(10-4-3-5-10)13-11-6-7-12-9(2)14-11/h6-8,10H,3-5H2,1-2H3,(H,12,13,14). The Balaban J connectivity index is 1.95. The smallest absolute Gasteiger partial charge is 0.129 e. The van der Waals surface area contributed by atoms with E-state index < -0.39 is 0 Å². The molecule has 1 fully saturated rings. The second-order valence-electron chi connectivity index (χ2n) is 4.11. The van der Waals surface area contributed by atoms with Crippen molar-refractivity contribution in [3.8, 4) is 0 Å². The van der Waals surface area contributed by atoms with Crippen molar-refractivity contribution in [1.82, 2.24) is 9.97 Å². The maximum absolute atomic E-state index is 4.33. The third-order valence-corrected chi connectivity index (χ3v) is 3.01. The first-order valence-electron chi connectivity index (χ1n) is 5.32. The number of rotatable bonds is 3. The molecule has 3 nitrogen and oxygen atoms in total. The lowest BCUT2D eigenvalue weighted by Gasteiger charge is -2.32. The van der Waals surface area contributed by atoms with Crippen LogP contribution in [0.2, 0.25) is 0 Å². The number of hydrogen-bond donors (Lipinski definition) is 1. The molecular formula is C11H17N3. The summed E-state index contributed by atoms with van der Waals surface area (Å²) in [7, 11) is 0. The number of hydrogen-bond acceptors (Lipinski definition) is 3. The fourth-order valence-corrected chi connectivity index (χ4v) is 1.83. The molecule has 1 N–H and O–H groups in total. The average Bonchev–Trinajstić information content (AvgIpc) is 1.99. The van der Waals surface area contributed by atoms with Crippen LogP contribution in [-0.4, -0.2) is 16.0 Å². The predicted molar refractivity (Wildman–Crippen MR) is 57.2 cm³/mol. The predicted octanol–water partition coefficient (Wildman–Crippen LogP) is 2.39. The molecule has 0 aromatic carbocycles. The van der Waals surface area contributed by atoms with Crippen LogP contribution in [-0.2, 0) is 0 Å². The first-order chi connectivity index (χ1) is 6.75. The minimum absolute atomic E-state index is 0.540. The van der Waals surface area contributed by atoms with E-state index in [4.69, 9.17) is 0 Å². The molecule has 1 atom stereocenters. The minimum Gasteiger partial charge on any atom is -0.367 e. The summed E-state index contributed by atoms with van der Waals surface area (Å²) in [5.41, 5.74) is 0. The molecule has 1 heterocycles. The summed E-state index contributed by atoms with van der Waals surface area (Å²) < 4.78 is 0. The Hall–Kier alpha value is -1.12. The van der Waals surface area contributed by atoms with Crippen LogP contribution in [0.1, 0.15) is 32.0 Å². The van der Waals surface area contributed by atoms with Crippen LogP contribution in [0.5, 0.6) is 0 Å². The largest absolute Gasteiger partial charge is 0.367 e. The van der Waals surface area contributed by atoms with Gasteiger partial charge in [0, 0.05) is 12.2 Å². The first kappa shape index (κ1) is 9.44. The molecule has 0 aliphatic heterocycles. The summed E-state index contributed by atoms with van der Waals surface area (Å²) in [6.07, 6.45) is 5.91. The van der Waals surface area contributed by atoms with Crippen LogP contribution in [0.3, 0.4) is 0 Å². The number of aromatic nitrogens is 2. The van der Waals surface area contributed by atoms with Gasteiger partial charge >= 0.3 is 0 Å². The summed E-state index contributed by atoms with van der Waals surface area (Å²) in [5.74, 6) is 2.62. The van der Waals surface area contributed by atoms with Crippen molar-refractivity contribution >= 4 is 5.82 Å². The van der Waals surface area contributed by atoms with Crippen LogP contribution in [0.15, 0.2) is 12.3 Å². The van der Waals surface area contributed by atoms with E-state index in [1.807, 2.05) is 13.0 Å². The van der Waals surface area contributed by atoms with E-state index in [9.17, 15) is 0 Å². The zero-order valence-corrected chi connectivity index (χ0v) is 8.83. The van der Waals surface area contributed by atoms with Crippen LogP contribution >= 0.6 is 0 Å². The van der Waals surface area contributed by atoms with Gasteiger partial charge in [0.25, 0.3) is 0 Å². The van der Waals surface area contributed by atoms with Gasteiger partial charge in [0.1, 0.15) is 11.6 Å². The summed E-state index contributed by atoms with van der Waals surface area (Å²) in [6.45, 7) is 4.15. The molecule has 0 bridgehead atoms. The highest BCUT2D eigenvalue weighted by molar-refractivity contribution is 5.34. The molecule has 0 spiro atoms. The van der Waals surface area contributed by atoms with E-state index >= 15 is 0 Å². The summed E-state index contributed by atoms with van der Waals surface area (Å²) in [4.78, 5) is 8.41. The van der Waals surface area contributed by atoms with Crippen molar-refractivity contribution in [3.63, 3.8) is 0 Å². The molecule has 14 heavy (non-hydrogen) atoms. The molecule has 0 radical (unpaired) electrons. The second-order valence-corrected chi connectivity index (χ2v) is 4.11. The monoisotopic (exact) mass is 191 g/mol. The Morgan fingerprint density at radius 2 is 2.29 bits per heavy atom. The molecule has 0 amide bonds. The van der Waals surface area contributed by atoms with Gasteiger partial charge in [0.05, 0.1) is 0 Å². The second kappa shape index (κ2) is 3.95. The molecule has 1 aromatic rings. The van der Waals surface area contributed by atoms with Gasteiger partial charge in [0.2, 0.25) is 0 Å². The molecule has 1 aliphatic carbocycles. The van der Waals surface area contributed by atoms with Gasteiger partial charge in [-0.15, -0.1) is 0 Å². The fraction of sp³-hybridized carbons (Fsp3) is 0.636. The summed E-state index contributed by atoms with van der Waals surface area (Å²) >= 11 is 0. The van der Waals surface area contributed by atoms with Crippen molar-refractivity contribution in [2.75, 3.05) is 5.32 Å². The van der Waals surface area contributed by atoms with Crippen molar-refractivity contribution in [2.45, 2.75) is 39.2 Å². The van der Waals surface area contributed by atoms with Crippen LogP contribution in [0.4, 0.5) is 5.82 Å². The van der Waals surface area contributed by atoms with E-state index in [0.29, 0.717) is 6.04 Å². The molecule has 2 rings (SSSR count). The van der Waals surface area contributed by atoms with Crippen molar-refractivity contribution in [1.29, 1.82) is 0 Å². The third kappa shape index (κ3) is 2.03. The Morgan fingerprint density at radius 1 is 1.50 bits per heavy atom. The van der Waals surface area contributed by atoms with E-state index in [1.165, 1.54) is 19.3 Å². The average molecular weight is 191 g/mol. The highest BCUT2D eigenvalue weighted by atomic mass is 15.0. The Labute approximate surface area is 85.0 Å². The Bertz CT molecular complexity index is 307. The van der Waals surface area contributed by atoms with Gasteiger partial charge in [-0.1, -0.05) is 6.42 Å². The van der Waals surface area contributed by atoms with Crippen molar-refractivity contribution < 1.29 is 0 Å². The molecule has 3 heteroatoms. The molecule has 76 valence electrons. The molecule has 1 saturated carbocycles. The quantitative estimate of drug-likeness (QED) is 0.797. The van der Waals surface area contributed by atoms with Gasteiger partial charge in [-0.2, -0.15) is 0 Å². The van der Waals surface area contributed by atoms with Gasteiger partial charge in [-0.25, -0.2) is 9.97 Å². The van der Waals surface area contributed by atoms with Gasteiger partial charge < -0.3 is 5.32 Å². The number of aryl methyl sites for hydroxylation is 1. The Kier molecular flexibility index (Phi) is 2.66. The summed E-state index contributed by atoms with van der Waals surface area (Å²) in [6, 6.07) is 2.47. The number of nitrogens with zero attached hydrogens (tertiary/aromatic N) is 2. The fourth-order valence-electron chi connectivity index (χ4n) is 1.83. The summed E-state index contributed by atoms with van der Waals surface area (Å²) in [5, 5.41) is 3.43. The van der Waals surface area contributed by atoms with E-state index in [-0.39, 0.29) is 0 Å². The van der Waals surface area contributed by atoms with E-state index in [2.05, 4.69) is 22.2 Å². The van der Waals surface area contributed by atoms with E-state index in [1.54, 1.807) is 6.20 Å². The van der Waals surface area contributed by atoms with Crippen LogP contribution < -0.4 is 5.32 Å². The number of anilines is 1. The minimum atomic E-state index is 0.540. The highest BCUT2D eigenvalue weighted by Gasteiger charge is 2.23.